The summed E-state index contributed by atoms with van der Waals surface area (Å²) in [5.41, 5.74) is 0.676. The number of ether oxygens (including phenoxy) is 5. The van der Waals surface area contributed by atoms with E-state index in [2.05, 4.69) is 26.8 Å². The Balaban J connectivity index is 1.37. The van der Waals surface area contributed by atoms with Gasteiger partial charge in [-0.15, -0.1) is 0 Å². The first-order valence-corrected chi connectivity index (χ1v) is 12.9. The first-order chi connectivity index (χ1) is 16.7. The summed E-state index contributed by atoms with van der Waals surface area (Å²) >= 11 is 0. The van der Waals surface area contributed by atoms with Crippen LogP contribution in [0.4, 0.5) is 9.59 Å². The van der Waals surface area contributed by atoms with Gasteiger partial charge in [0, 0.05) is 33.3 Å². The van der Waals surface area contributed by atoms with Crippen LogP contribution in [0, 0.1) is 11.8 Å². The van der Waals surface area contributed by atoms with Gasteiger partial charge in [0.05, 0.1) is 25.7 Å². The van der Waals surface area contributed by atoms with E-state index in [-0.39, 0.29) is 53.5 Å². The van der Waals surface area contributed by atoms with Crippen molar-refractivity contribution in [3.63, 3.8) is 0 Å². The average molecular weight is 495 g/mol. The molecule has 9 heteroatoms. The summed E-state index contributed by atoms with van der Waals surface area (Å²) in [6.45, 7) is 11.3. The second kappa shape index (κ2) is 10.3. The molecule has 3 aliphatic heterocycles. The molecular formula is C26H42N2O7. The van der Waals surface area contributed by atoms with Crippen molar-refractivity contribution in [2.75, 3.05) is 47.0 Å². The van der Waals surface area contributed by atoms with Gasteiger partial charge in [-0.3, -0.25) is 0 Å². The maximum Gasteiger partial charge on any atom is 0.410 e. The van der Waals surface area contributed by atoms with E-state index in [0.29, 0.717) is 39.2 Å². The Hall–Kier alpha value is -1.84. The van der Waals surface area contributed by atoms with E-state index in [1.54, 1.807) is 16.9 Å². The zero-order valence-corrected chi connectivity index (χ0v) is 22.1. The van der Waals surface area contributed by atoms with Crippen molar-refractivity contribution in [3.8, 4) is 0 Å². The standard InChI is InChI=1S/C26H42N2O7/c1-7-27(23(29)32-6)14-18-11-13-28(15-18)24(30)34-19-10-12-26(16-33-26)22(21(19)31-5)25(4)20(35-25)9-8-17(2)3/h8,18-22H,7,9-16H2,1-6H3/t18-,19-,20-,21-,22-,25+,26+/m1/s1. The second-order valence-electron chi connectivity index (χ2n) is 10.9. The first-order valence-electron chi connectivity index (χ1n) is 12.9. The largest absolute Gasteiger partial charge is 0.453 e. The van der Waals surface area contributed by atoms with Crippen molar-refractivity contribution < 1.29 is 33.3 Å². The highest BCUT2D eigenvalue weighted by molar-refractivity contribution is 5.69. The first kappa shape index (κ1) is 26.2. The molecule has 35 heavy (non-hydrogen) atoms. The van der Waals surface area contributed by atoms with Crippen molar-refractivity contribution in [1.29, 1.82) is 0 Å². The Labute approximate surface area is 209 Å². The van der Waals surface area contributed by atoms with Gasteiger partial charge in [-0.25, -0.2) is 9.59 Å². The van der Waals surface area contributed by atoms with Crippen molar-refractivity contribution in [2.45, 2.75) is 82.9 Å². The summed E-state index contributed by atoms with van der Waals surface area (Å²) in [7, 11) is 3.08. The SMILES string of the molecule is CCN(C[C@H]1CCN(C(=O)O[C@@H]2CC[C@]3(CO3)[C@@H]([C@@]3(C)O[C@@H]3CC=C(C)C)[C@@H]2OC)C1)C(=O)OC. The van der Waals surface area contributed by atoms with E-state index in [1.165, 1.54) is 12.7 Å². The van der Waals surface area contributed by atoms with Crippen molar-refractivity contribution in [2.24, 2.45) is 11.8 Å². The van der Waals surface area contributed by atoms with Gasteiger partial charge in [0.1, 0.15) is 23.4 Å². The van der Waals surface area contributed by atoms with E-state index in [9.17, 15) is 9.59 Å². The summed E-state index contributed by atoms with van der Waals surface area (Å²) in [5, 5.41) is 0. The smallest absolute Gasteiger partial charge is 0.410 e. The molecule has 2 amide bonds. The number of hydrogen-bond acceptors (Lipinski definition) is 7. The third kappa shape index (κ3) is 5.32. The van der Waals surface area contributed by atoms with Gasteiger partial charge in [-0.2, -0.15) is 0 Å². The monoisotopic (exact) mass is 494 g/mol. The summed E-state index contributed by atoms with van der Waals surface area (Å²) < 4.78 is 29.2. The fourth-order valence-electron chi connectivity index (χ4n) is 6.20. The number of rotatable bonds is 8. The van der Waals surface area contributed by atoms with Crippen LogP contribution >= 0.6 is 0 Å². The van der Waals surface area contributed by atoms with E-state index in [4.69, 9.17) is 23.7 Å². The van der Waals surface area contributed by atoms with Gasteiger partial charge in [-0.05, 0) is 59.3 Å². The lowest BCUT2D eigenvalue weighted by molar-refractivity contribution is -0.121. The van der Waals surface area contributed by atoms with Crippen molar-refractivity contribution in [3.05, 3.63) is 11.6 Å². The summed E-state index contributed by atoms with van der Waals surface area (Å²) in [4.78, 5) is 28.5. The van der Waals surface area contributed by atoms with Crippen LogP contribution < -0.4 is 0 Å². The fourth-order valence-corrected chi connectivity index (χ4v) is 6.20. The normalized spacial score (nSPS) is 37.7. The Morgan fingerprint density at radius 2 is 1.97 bits per heavy atom. The van der Waals surface area contributed by atoms with Gasteiger partial charge in [0.15, 0.2) is 0 Å². The van der Waals surface area contributed by atoms with Gasteiger partial charge >= 0.3 is 12.2 Å². The average Bonchev–Trinajstić information content (AvgIpc) is 3.69. The third-order valence-electron chi connectivity index (χ3n) is 8.33. The molecule has 0 bridgehead atoms. The van der Waals surface area contributed by atoms with Gasteiger partial charge < -0.3 is 33.5 Å². The molecule has 3 heterocycles. The van der Waals surface area contributed by atoms with E-state index in [0.717, 1.165) is 19.3 Å². The number of carbonyl (C=O) groups excluding carboxylic acids is 2. The summed E-state index contributed by atoms with van der Waals surface area (Å²) in [6, 6.07) is 0. The lowest BCUT2D eigenvalue weighted by Crippen LogP contribution is -2.56. The Kier molecular flexibility index (Phi) is 7.69. The van der Waals surface area contributed by atoms with Crippen LogP contribution in [-0.2, 0) is 23.7 Å². The highest BCUT2D eigenvalue weighted by Crippen LogP contribution is 2.59. The lowest BCUT2D eigenvalue weighted by atomic mass is 9.68. The van der Waals surface area contributed by atoms with Crippen LogP contribution in [0.5, 0.6) is 0 Å². The molecule has 4 aliphatic rings. The number of carbonyl (C=O) groups is 2. The number of amides is 2. The van der Waals surface area contributed by atoms with E-state index >= 15 is 0 Å². The van der Waals surface area contributed by atoms with Gasteiger partial charge in [0.2, 0.25) is 0 Å². The molecule has 0 unspecified atom stereocenters. The number of likely N-dealkylation sites (tertiary alicyclic amines) is 1. The zero-order chi connectivity index (χ0) is 25.4. The van der Waals surface area contributed by atoms with Gasteiger partial charge in [0.25, 0.3) is 0 Å². The van der Waals surface area contributed by atoms with Crippen molar-refractivity contribution in [1.82, 2.24) is 9.80 Å². The van der Waals surface area contributed by atoms with Crippen LogP contribution in [-0.4, -0.2) is 98.5 Å². The minimum Gasteiger partial charge on any atom is -0.453 e. The fraction of sp³-hybridized carbons (Fsp3) is 0.846. The molecule has 198 valence electrons. The molecule has 0 aromatic rings. The molecule has 4 fully saturated rings. The number of epoxide rings is 2. The summed E-state index contributed by atoms with van der Waals surface area (Å²) in [6.07, 6.45) is 4.28. The number of methoxy groups -OCH3 is 2. The maximum absolute atomic E-state index is 13.1. The third-order valence-corrected chi connectivity index (χ3v) is 8.33. The van der Waals surface area contributed by atoms with Crippen LogP contribution in [0.1, 0.15) is 53.4 Å². The van der Waals surface area contributed by atoms with Crippen LogP contribution in [0.2, 0.25) is 0 Å². The minimum absolute atomic E-state index is 0.00612. The number of hydrogen-bond donors (Lipinski definition) is 0. The molecule has 0 N–H and O–H groups in total. The van der Waals surface area contributed by atoms with Crippen LogP contribution in [0.25, 0.3) is 0 Å². The highest BCUT2D eigenvalue weighted by atomic mass is 16.6. The predicted molar refractivity (Wildman–Crippen MR) is 129 cm³/mol. The van der Waals surface area contributed by atoms with Crippen LogP contribution in [0.15, 0.2) is 11.6 Å². The Bertz CT molecular complexity index is 825. The second-order valence-corrected chi connectivity index (χ2v) is 10.9. The molecule has 7 atom stereocenters. The maximum atomic E-state index is 13.1. The number of allylic oxidation sites excluding steroid dienone is 1. The molecule has 1 aliphatic carbocycles. The highest BCUT2D eigenvalue weighted by Gasteiger charge is 2.72. The van der Waals surface area contributed by atoms with Gasteiger partial charge in [-0.1, -0.05) is 11.6 Å². The molecule has 9 nitrogen and oxygen atoms in total. The van der Waals surface area contributed by atoms with E-state index < -0.39 is 0 Å². The molecule has 1 saturated carbocycles. The molecular weight excluding hydrogens is 452 g/mol. The van der Waals surface area contributed by atoms with Crippen molar-refractivity contribution >= 4 is 12.2 Å². The molecule has 0 aromatic heterocycles. The minimum atomic E-state index is -0.357. The zero-order valence-electron chi connectivity index (χ0n) is 22.1. The molecule has 3 saturated heterocycles. The Morgan fingerprint density at radius 1 is 1.23 bits per heavy atom. The lowest BCUT2D eigenvalue weighted by Gasteiger charge is -2.43. The van der Waals surface area contributed by atoms with Crippen LogP contribution in [0.3, 0.4) is 0 Å². The Morgan fingerprint density at radius 3 is 2.57 bits per heavy atom. The molecule has 0 radical (unpaired) electrons. The van der Waals surface area contributed by atoms with E-state index in [1.807, 2.05) is 6.92 Å². The predicted octanol–water partition coefficient (Wildman–Crippen LogP) is 3.61. The quantitative estimate of drug-likeness (QED) is 0.376. The summed E-state index contributed by atoms with van der Waals surface area (Å²) in [5.74, 6) is 0.211. The topological polar surface area (TPSA) is 93.4 Å². The molecule has 4 rings (SSSR count). The molecule has 1 spiro atoms. The number of nitrogens with zero attached hydrogens (tertiary/aromatic N) is 2. The molecule has 0 aromatic carbocycles.